The topological polar surface area (TPSA) is 162 Å². The minimum Gasteiger partial charge on any atom is -0.481 e. The number of nitrogens with zero attached hydrogens (tertiary/aromatic N) is 7. The third kappa shape index (κ3) is 5.37. The molecule has 2 aromatic carbocycles. The number of methoxy groups -OCH3 is 1. The van der Waals surface area contributed by atoms with Gasteiger partial charge in [0.2, 0.25) is 5.88 Å². The molecule has 2 N–H and O–H groups in total. The highest BCUT2D eigenvalue weighted by molar-refractivity contribution is 6.00. The van der Waals surface area contributed by atoms with Gasteiger partial charge in [-0.2, -0.15) is 5.10 Å². The van der Waals surface area contributed by atoms with Crippen LogP contribution >= 0.6 is 0 Å². The number of halogens is 1. The van der Waals surface area contributed by atoms with Crippen molar-refractivity contribution in [3.8, 4) is 28.5 Å². The first-order valence-corrected chi connectivity index (χ1v) is 17.6. The lowest BCUT2D eigenvalue weighted by molar-refractivity contribution is 0.0717. The van der Waals surface area contributed by atoms with Crippen molar-refractivity contribution in [1.29, 1.82) is 0 Å². The lowest BCUT2D eigenvalue weighted by Crippen LogP contribution is -2.41. The predicted octanol–water partition coefficient (Wildman–Crippen LogP) is 5.49. The second-order valence-electron chi connectivity index (χ2n) is 13.9. The van der Waals surface area contributed by atoms with Crippen LogP contribution in [0.3, 0.4) is 0 Å². The van der Waals surface area contributed by atoms with Crippen molar-refractivity contribution in [2.75, 3.05) is 13.7 Å². The van der Waals surface area contributed by atoms with Gasteiger partial charge >= 0.3 is 11.4 Å². The van der Waals surface area contributed by atoms with Crippen LogP contribution in [0.5, 0.6) is 5.88 Å². The smallest absolute Gasteiger partial charge is 0.438 e. The van der Waals surface area contributed by atoms with Crippen LogP contribution in [-0.2, 0) is 18.5 Å². The summed E-state index contributed by atoms with van der Waals surface area (Å²) in [6.45, 7) is 9.67. The number of rotatable bonds is 8. The fourth-order valence-corrected chi connectivity index (χ4v) is 7.66. The zero-order valence-corrected chi connectivity index (χ0v) is 30.7. The van der Waals surface area contributed by atoms with Crippen molar-refractivity contribution in [1.82, 2.24) is 43.9 Å². The monoisotopic (exact) mass is 731 g/mol. The van der Waals surface area contributed by atoms with Crippen molar-refractivity contribution in [3.63, 3.8) is 0 Å². The summed E-state index contributed by atoms with van der Waals surface area (Å²) in [6.07, 6.45) is 5.71. The molecule has 8 rings (SSSR count). The van der Waals surface area contributed by atoms with Crippen molar-refractivity contribution in [3.05, 3.63) is 127 Å². The van der Waals surface area contributed by atoms with Gasteiger partial charge in [0.1, 0.15) is 22.9 Å². The van der Waals surface area contributed by atoms with Gasteiger partial charge in [0, 0.05) is 53.6 Å². The molecule has 1 aliphatic heterocycles. The van der Waals surface area contributed by atoms with Crippen molar-refractivity contribution in [2.24, 2.45) is 0 Å². The second kappa shape index (κ2) is 12.9. The van der Waals surface area contributed by atoms with Crippen LogP contribution in [-0.4, -0.2) is 63.5 Å². The van der Waals surface area contributed by atoms with Crippen LogP contribution in [0.15, 0.2) is 75.2 Å². The van der Waals surface area contributed by atoms with E-state index in [0.717, 1.165) is 33.3 Å². The summed E-state index contributed by atoms with van der Waals surface area (Å²) in [6, 6.07) is 13.1. The van der Waals surface area contributed by atoms with Crippen LogP contribution in [0.4, 0.5) is 4.39 Å². The van der Waals surface area contributed by atoms with E-state index in [1.807, 2.05) is 55.7 Å². The number of pyridine rings is 1. The molecule has 0 spiro atoms. The third-order valence-electron chi connectivity index (χ3n) is 10.7. The molecule has 1 atom stereocenters. The minimum absolute atomic E-state index is 0.146. The highest BCUT2D eigenvalue weighted by Gasteiger charge is 2.38. The number of aryl methyl sites for hydroxylation is 2. The van der Waals surface area contributed by atoms with Gasteiger partial charge in [-0.05, 0) is 92.8 Å². The zero-order valence-electron chi connectivity index (χ0n) is 30.7. The normalized spacial score (nSPS) is 14.0. The number of hydrogen-bond acceptors (Lipinski definition) is 8. The van der Waals surface area contributed by atoms with Gasteiger partial charge in [0.25, 0.3) is 5.91 Å². The summed E-state index contributed by atoms with van der Waals surface area (Å²) in [5, 5.41) is 9.79. The fourth-order valence-electron chi connectivity index (χ4n) is 7.66. The molecule has 276 valence electrons. The summed E-state index contributed by atoms with van der Waals surface area (Å²) in [7, 11) is 1.58. The standard InChI is InChI=1S/C39H38FN9O5/c1-7-39(5,36-43-38(52)54-45-36)48-30-9-8-24(27-10-12-41-33(53-6)23(27)4)18-25(30)19-31(48)35(50)46-14-11-29-28(20-46)34(47-15-13-42-37(47)51)49(44-29)26-16-21(2)32(40)22(3)17-26/h8-10,12-13,15-19H,7,11,14,20H2,1-6H3,(H,42,51)(H,43,45,52)/t39-/m1/s1. The zero-order chi connectivity index (χ0) is 38.1. The van der Waals surface area contributed by atoms with Gasteiger partial charge in [-0.25, -0.2) is 23.6 Å². The molecule has 0 aliphatic carbocycles. The number of ether oxygens (including phenoxy) is 1. The first-order valence-electron chi connectivity index (χ1n) is 17.6. The summed E-state index contributed by atoms with van der Waals surface area (Å²) in [5.41, 5.74) is 5.39. The maximum atomic E-state index is 15.0. The number of amides is 1. The van der Waals surface area contributed by atoms with E-state index >= 15 is 0 Å². The molecule has 0 bridgehead atoms. The predicted molar refractivity (Wildman–Crippen MR) is 198 cm³/mol. The summed E-state index contributed by atoms with van der Waals surface area (Å²) < 4.78 is 30.2. The molecule has 15 heteroatoms. The Bertz CT molecular complexity index is 2710. The van der Waals surface area contributed by atoms with E-state index in [2.05, 4.69) is 20.1 Å². The molecular weight excluding hydrogens is 693 g/mol. The van der Waals surface area contributed by atoms with Gasteiger partial charge in [0.15, 0.2) is 5.82 Å². The van der Waals surface area contributed by atoms with Crippen LogP contribution in [0.2, 0.25) is 0 Å². The average molecular weight is 732 g/mol. The molecule has 14 nitrogen and oxygen atoms in total. The van der Waals surface area contributed by atoms with Crippen LogP contribution in [0, 0.1) is 26.6 Å². The van der Waals surface area contributed by atoms with Crippen LogP contribution in [0.1, 0.15) is 64.5 Å². The Hall–Kier alpha value is -6.51. The van der Waals surface area contributed by atoms with E-state index in [4.69, 9.17) is 14.4 Å². The number of hydrogen-bond donors (Lipinski definition) is 2. The van der Waals surface area contributed by atoms with Gasteiger partial charge in [-0.15, -0.1) is 0 Å². The highest BCUT2D eigenvalue weighted by Crippen LogP contribution is 2.38. The molecule has 0 radical (unpaired) electrons. The maximum Gasteiger partial charge on any atom is 0.438 e. The number of imidazole rings is 1. The lowest BCUT2D eigenvalue weighted by atomic mass is 9.96. The molecule has 0 unspecified atom stereocenters. The van der Waals surface area contributed by atoms with Gasteiger partial charge in [-0.1, -0.05) is 18.1 Å². The van der Waals surface area contributed by atoms with E-state index in [-0.39, 0.29) is 29.8 Å². The van der Waals surface area contributed by atoms with Crippen LogP contribution < -0.4 is 16.2 Å². The number of aromatic nitrogens is 8. The highest BCUT2D eigenvalue weighted by atomic mass is 19.1. The Kier molecular flexibility index (Phi) is 8.23. The van der Waals surface area contributed by atoms with Crippen molar-refractivity contribution < 1.29 is 18.4 Å². The van der Waals surface area contributed by atoms with Gasteiger partial charge < -0.3 is 19.2 Å². The Morgan fingerprint density at radius 3 is 2.54 bits per heavy atom. The molecule has 7 aromatic rings. The minimum atomic E-state index is -0.996. The second-order valence-corrected chi connectivity index (χ2v) is 13.9. The molecule has 1 aliphatic rings. The van der Waals surface area contributed by atoms with E-state index in [1.54, 1.807) is 55.1 Å². The van der Waals surface area contributed by atoms with Gasteiger partial charge in [-0.3, -0.25) is 18.9 Å². The summed E-state index contributed by atoms with van der Waals surface area (Å²) >= 11 is 0. The average Bonchev–Trinajstić information content (AvgIpc) is 3.97. The van der Waals surface area contributed by atoms with E-state index in [9.17, 15) is 18.8 Å². The molecule has 5 aromatic heterocycles. The SMILES string of the molecule is CC[C@](C)(c1noc(=O)[nH]1)n1c(C(=O)N2CCc3nn(-c4cc(C)c(F)c(C)c4)c(-n4cc[nH]c4=O)c3C2)cc2cc(-c3ccnc(OC)c3C)ccc21. The largest absolute Gasteiger partial charge is 0.481 e. The summed E-state index contributed by atoms with van der Waals surface area (Å²) in [5.74, 6) is -0.00186. The molecule has 0 saturated heterocycles. The first kappa shape index (κ1) is 34.6. The fraction of sp³-hybridized carbons (Fsp3) is 0.282. The molecular formula is C39H38FN9O5. The molecule has 0 fully saturated rings. The number of benzene rings is 2. The van der Waals surface area contributed by atoms with E-state index in [0.29, 0.717) is 59.2 Å². The Morgan fingerprint density at radius 1 is 1.09 bits per heavy atom. The van der Waals surface area contributed by atoms with Gasteiger partial charge in [0.05, 0.1) is 25.0 Å². The Morgan fingerprint density at radius 2 is 1.87 bits per heavy atom. The third-order valence-corrected chi connectivity index (χ3v) is 10.7. The molecule has 6 heterocycles. The lowest BCUT2D eigenvalue weighted by Gasteiger charge is -2.33. The number of carbonyl (C=O) groups is 1. The Labute approximate surface area is 307 Å². The van der Waals surface area contributed by atoms with Crippen molar-refractivity contribution in [2.45, 2.75) is 59.5 Å². The number of aromatic amines is 2. The number of nitrogens with one attached hydrogen (secondary N) is 2. The van der Waals surface area contributed by atoms with E-state index < -0.39 is 11.3 Å². The van der Waals surface area contributed by atoms with Crippen molar-refractivity contribution >= 4 is 16.8 Å². The first-order chi connectivity index (χ1) is 25.9. The number of carbonyl (C=O) groups excluding carboxylic acids is 1. The molecule has 1 amide bonds. The maximum absolute atomic E-state index is 15.0. The van der Waals surface area contributed by atoms with Crippen LogP contribution in [0.25, 0.3) is 33.5 Å². The van der Waals surface area contributed by atoms with E-state index in [1.165, 1.54) is 10.8 Å². The molecule has 54 heavy (non-hydrogen) atoms. The number of fused-ring (bicyclic) bond motifs is 2. The Balaban J connectivity index is 1.28. The number of H-pyrrole nitrogens is 2. The quantitative estimate of drug-likeness (QED) is 0.208. The molecule has 0 saturated carbocycles. The summed E-state index contributed by atoms with van der Waals surface area (Å²) in [4.78, 5) is 51.8.